The molecule has 0 bridgehead atoms. The molecule has 0 spiro atoms. The van der Waals surface area contributed by atoms with Crippen molar-refractivity contribution in [2.75, 3.05) is 7.11 Å². The fraction of sp³-hybridized carbons (Fsp3) is 0.417. The Labute approximate surface area is 97.4 Å². The van der Waals surface area contributed by atoms with Gasteiger partial charge in [-0.3, -0.25) is 0 Å². The first-order valence-corrected chi connectivity index (χ1v) is 5.10. The maximum atomic E-state index is 12.7. The van der Waals surface area contributed by atoms with Crippen molar-refractivity contribution in [3.8, 4) is 0 Å². The minimum atomic E-state index is -4.46. The molecule has 0 atom stereocenters. The number of benzene rings is 1. The molecule has 2 nitrogen and oxygen atoms in total. The van der Waals surface area contributed by atoms with E-state index in [0.717, 1.165) is 13.2 Å². The zero-order valence-electron chi connectivity index (χ0n) is 9.81. The summed E-state index contributed by atoms with van der Waals surface area (Å²) < 4.78 is 42.5. The molecule has 0 saturated carbocycles. The van der Waals surface area contributed by atoms with Crippen LogP contribution >= 0.6 is 0 Å². The van der Waals surface area contributed by atoms with E-state index in [0.29, 0.717) is 12.0 Å². The average Bonchev–Trinajstić information content (AvgIpc) is 2.25. The van der Waals surface area contributed by atoms with Crippen LogP contribution in [0.4, 0.5) is 13.2 Å². The zero-order chi connectivity index (χ0) is 13.2. The number of rotatable bonds is 2. The number of esters is 1. The fourth-order valence-corrected chi connectivity index (χ4v) is 1.67. The summed E-state index contributed by atoms with van der Waals surface area (Å²) in [6, 6.07) is 2.25. The predicted molar refractivity (Wildman–Crippen MR) is 56.9 cm³/mol. The van der Waals surface area contributed by atoms with Gasteiger partial charge in [-0.15, -0.1) is 0 Å². The van der Waals surface area contributed by atoms with E-state index in [1.54, 1.807) is 6.92 Å². The molecule has 5 heteroatoms. The largest absolute Gasteiger partial charge is 0.465 e. The van der Waals surface area contributed by atoms with Gasteiger partial charge in [0, 0.05) is 0 Å². The van der Waals surface area contributed by atoms with Gasteiger partial charge >= 0.3 is 12.1 Å². The van der Waals surface area contributed by atoms with Crippen LogP contribution in [0.3, 0.4) is 0 Å². The van der Waals surface area contributed by atoms with Crippen LogP contribution < -0.4 is 0 Å². The second-order valence-electron chi connectivity index (χ2n) is 3.67. The lowest BCUT2D eigenvalue weighted by Gasteiger charge is -2.14. The SMILES string of the molecule is CCc1cc(C)c(C(F)(F)F)cc1C(=O)OC. The Morgan fingerprint density at radius 2 is 1.94 bits per heavy atom. The number of hydrogen-bond acceptors (Lipinski definition) is 2. The molecule has 0 radical (unpaired) electrons. The molecule has 0 fully saturated rings. The summed E-state index contributed by atoms with van der Waals surface area (Å²) in [5.74, 6) is -0.743. The summed E-state index contributed by atoms with van der Waals surface area (Å²) in [5.41, 5.74) is -0.146. The van der Waals surface area contributed by atoms with Crippen molar-refractivity contribution in [1.29, 1.82) is 0 Å². The van der Waals surface area contributed by atoms with E-state index in [9.17, 15) is 18.0 Å². The molecule has 0 aliphatic heterocycles. The second kappa shape index (κ2) is 4.77. The Balaban J connectivity index is 3.43. The van der Waals surface area contributed by atoms with E-state index in [4.69, 9.17) is 0 Å². The molecule has 94 valence electrons. The molecule has 0 aliphatic carbocycles. The summed E-state index contributed by atoms with van der Waals surface area (Å²) in [7, 11) is 1.15. The summed E-state index contributed by atoms with van der Waals surface area (Å²) in [6.07, 6.45) is -3.98. The molecule has 0 saturated heterocycles. The third-order valence-corrected chi connectivity index (χ3v) is 2.54. The Kier molecular flexibility index (Phi) is 3.80. The number of carbonyl (C=O) groups excluding carboxylic acids is 1. The summed E-state index contributed by atoms with van der Waals surface area (Å²) in [6.45, 7) is 3.15. The highest BCUT2D eigenvalue weighted by Crippen LogP contribution is 2.33. The van der Waals surface area contributed by atoms with Gasteiger partial charge in [0.1, 0.15) is 0 Å². The van der Waals surface area contributed by atoms with Gasteiger partial charge in [-0.05, 0) is 30.5 Å². The van der Waals surface area contributed by atoms with E-state index < -0.39 is 17.7 Å². The quantitative estimate of drug-likeness (QED) is 0.748. The lowest BCUT2D eigenvalue weighted by atomic mass is 9.97. The second-order valence-corrected chi connectivity index (χ2v) is 3.67. The number of alkyl halides is 3. The number of hydrogen-bond donors (Lipinski definition) is 0. The molecular weight excluding hydrogens is 233 g/mol. The lowest BCUT2D eigenvalue weighted by molar-refractivity contribution is -0.138. The highest BCUT2D eigenvalue weighted by molar-refractivity contribution is 5.91. The van der Waals surface area contributed by atoms with E-state index in [1.165, 1.54) is 13.0 Å². The van der Waals surface area contributed by atoms with Gasteiger partial charge < -0.3 is 4.74 Å². The summed E-state index contributed by atoms with van der Waals surface area (Å²) in [5, 5.41) is 0. The standard InChI is InChI=1S/C12H13F3O2/c1-4-8-5-7(2)10(12(13,14)15)6-9(8)11(16)17-3/h5-6H,4H2,1-3H3. The minimum absolute atomic E-state index is 0.0204. The number of carbonyl (C=O) groups is 1. The molecule has 17 heavy (non-hydrogen) atoms. The third kappa shape index (κ3) is 2.78. The number of halogens is 3. The molecule has 0 aliphatic rings. The van der Waals surface area contributed by atoms with Gasteiger partial charge in [0.2, 0.25) is 0 Å². The summed E-state index contributed by atoms with van der Waals surface area (Å²) >= 11 is 0. The summed E-state index contributed by atoms with van der Waals surface area (Å²) in [4.78, 5) is 11.4. The van der Waals surface area contributed by atoms with Gasteiger partial charge in [0.05, 0.1) is 18.2 Å². The molecule has 1 rings (SSSR count). The fourth-order valence-electron chi connectivity index (χ4n) is 1.67. The Bertz CT molecular complexity index is 436. The van der Waals surface area contributed by atoms with Crippen molar-refractivity contribution >= 4 is 5.97 Å². The first-order chi connectivity index (χ1) is 7.81. The average molecular weight is 246 g/mol. The van der Waals surface area contributed by atoms with Gasteiger partial charge in [-0.1, -0.05) is 13.0 Å². The number of aryl methyl sites for hydroxylation is 2. The Hall–Kier alpha value is -1.52. The van der Waals surface area contributed by atoms with Gasteiger partial charge in [0.25, 0.3) is 0 Å². The van der Waals surface area contributed by atoms with Crippen molar-refractivity contribution in [3.05, 3.63) is 34.4 Å². The maximum Gasteiger partial charge on any atom is 0.416 e. The molecule has 0 heterocycles. The normalized spacial score (nSPS) is 11.4. The monoisotopic (exact) mass is 246 g/mol. The van der Waals surface area contributed by atoms with E-state index in [-0.39, 0.29) is 11.1 Å². The van der Waals surface area contributed by atoms with Crippen LogP contribution in [-0.2, 0) is 17.3 Å². The van der Waals surface area contributed by atoms with Crippen LogP contribution in [-0.4, -0.2) is 13.1 Å². The Morgan fingerprint density at radius 1 is 1.35 bits per heavy atom. The molecule has 0 amide bonds. The third-order valence-electron chi connectivity index (χ3n) is 2.54. The zero-order valence-corrected chi connectivity index (χ0v) is 9.81. The number of ether oxygens (including phenoxy) is 1. The first-order valence-electron chi connectivity index (χ1n) is 5.10. The van der Waals surface area contributed by atoms with Crippen molar-refractivity contribution < 1.29 is 22.7 Å². The van der Waals surface area contributed by atoms with Gasteiger partial charge in [0.15, 0.2) is 0 Å². The van der Waals surface area contributed by atoms with E-state index >= 15 is 0 Å². The van der Waals surface area contributed by atoms with Crippen LogP contribution in [0.5, 0.6) is 0 Å². The van der Waals surface area contributed by atoms with E-state index in [2.05, 4.69) is 4.74 Å². The molecule has 0 N–H and O–H groups in total. The lowest BCUT2D eigenvalue weighted by Crippen LogP contribution is -2.13. The van der Waals surface area contributed by atoms with Crippen LogP contribution in [0.15, 0.2) is 12.1 Å². The van der Waals surface area contributed by atoms with Gasteiger partial charge in [-0.2, -0.15) is 13.2 Å². The van der Waals surface area contributed by atoms with Crippen LogP contribution in [0, 0.1) is 6.92 Å². The van der Waals surface area contributed by atoms with E-state index in [1.807, 2.05) is 0 Å². The van der Waals surface area contributed by atoms with Crippen LogP contribution in [0.1, 0.15) is 34.0 Å². The maximum absolute atomic E-state index is 12.7. The topological polar surface area (TPSA) is 26.3 Å². The van der Waals surface area contributed by atoms with Crippen molar-refractivity contribution in [2.45, 2.75) is 26.4 Å². The van der Waals surface area contributed by atoms with Crippen LogP contribution in [0.25, 0.3) is 0 Å². The predicted octanol–water partition coefficient (Wildman–Crippen LogP) is 3.36. The smallest absolute Gasteiger partial charge is 0.416 e. The Morgan fingerprint density at radius 3 is 2.35 bits per heavy atom. The molecule has 1 aromatic rings. The minimum Gasteiger partial charge on any atom is -0.465 e. The first kappa shape index (κ1) is 13.5. The van der Waals surface area contributed by atoms with Crippen molar-refractivity contribution in [1.82, 2.24) is 0 Å². The van der Waals surface area contributed by atoms with Crippen molar-refractivity contribution in [3.63, 3.8) is 0 Å². The highest BCUT2D eigenvalue weighted by Gasteiger charge is 2.33. The molecular formula is C12H13F3O2. The molecule has 1 aromatic carbocycles. The van der Waals surface area contributed by atoms with Crippen LogP contribution in [0.2, 0.25) is 0 Å². The molecule has 0 unspecified atom stereocenters. The van der Waals surface area contributed by atoms with Crippen molar-refractivity contribution in [2.24, 2.45) is 0 Å². The highest BCUT2D eigenvalue weighted by atomic mass is 19.4. The number of methoxy groups -OCH3 is 1. The van der Waals surface area contributed by atoms with Gasteiger partial charge in [-0.25, -0.2) is 4.79 Å². The molecule has 0 aromatic heterocycles.